The van der Waals surface area contributed by atoms with Crippen LogP contribution in [-0.2, 0) is 32.6 Å². The first kappa shape index (κ1) is 24.2. The van der Waals surface area contributed by atoms with Gasteiger partial charge in [0.2, 0.25) is 0 Å². The van der Waals surface area contributed by atoms with Gasteiger partial charge in [0.25, 0.3) is 0 Å². The predicted molar refractivity (Wildman–Crippen MR) is 122 cm³/mol. The lowest BCUT2D eigenvalue weighted by atomic mass is 9.82. The topological polar surface area (TPSA) is 83.3 Å². The summed E-state index contributed by atoms with van der Waals surface area (Å²) in [6, 6.07) is 3.86. The molecule has 1 fully saturated rings. The van der Waals surface area contributed by atoms with Crippen LogP contribution in [0.1, 0.15) is 86.9 Å². The molecule has 1 aliphatic rings. The summed E-state index contributed by atoms with van der Waals surface area (Å²) in [6.07, 6.45) is 7.90. The minimum absolute atomic E-state index is 0.159. The van der Waals surface area contributed by atoms with E-state index >= 15 is 0 Å². The number of aromatic nitrogens is 3. The molecule has 1 aliphatic carbocycles. The Kier molecular flexibility index (Phi) is 8.29. The van der Waals surface area contributed by atoms with Gasteiger partial charge in [-0.1, -0.05) is 43.9 Å². The number of carbonyl (C=O) groups is 2. The number of hydrogen-bond donors (Lipinski definition) is 0. The molecule has 3 rings (SSSR count). The van der Waals surface area contributed by atoms with Crippen molar-refractivity contribution in [1.82, 2.24) is 14.5 Å². The van der Waals surface area contributed by atoms with Gasteiger partial charge in [0.15, 0.2) is 10.8 Å². The fraction of sp³-hybridized carbons (Fsp3) is 0.583. The Morgan fingerprint density at radius 1 is 1.12 bits per heavy atom. The monoisotopic (exact) mass is 461 g/mol. The molecule has 2 aromatic rings. The molecule has 0 bridgehead atoms. The highest BCUT2D eigenvalue weighted by Gasteiger charge is 2.45. The van der Waals surface area contributed by atoms with E-state index in [4.69, 9.17) is 21.1 Å². The summed E-state index contributed by atoms with van der Waals surface area (Å²) in [7, 11) is 0. The van der Waals surface area contributed by atoms with E-state index in [0.29, 0.717) is 19.6 Å². The Balaban J connectivity index is 1.90. The van der Waals surface area contributed by atoms with E-state index < -0.39 is 11.4 Å². The maximum atomic E-state index is 12.7. The number of carbonyl (C=O) groups excluding carboxylic acids is 2. The Labute approximate surface area is 194 Å². The van der Waals surface area contributed by atoms with Crippen molar-refractivity contribution in [2.24, 2.45) is 0 Å². The van der Waals surface area contributed by atoms with Gasteiger partial charge in [0, 0.05) is 12.6 Å². The summed E-state index contributed by atoms with van der Waals surface area (Å²) < 4.78 is 12.4. The van der Waals surface area contributed by atoms with Crippen molar-refractivity contribution in [2.45, 2.75) is 77.7 Å². The molecule has 174 valence electrons. The fourth-order valence-electron chi connectivity index (χ4n) is 4.35. The molecule has 0 amide bonds. The average Bonchev–Trinajstić information content (AvgIpc) is 3.39. The molecule has 0 spiro atoms. The number of rotatable bonds is 10. The first-order chi connectivity index (χ1) is 15.5. The van der Waals surface area contributed by atoms with Crippen LogP contribution in [0.3, 0.4) is 0 Å². The van der Waals surface area contributed by atoms with Crippen LogP contribution >= 0.6 is 11.6 Å². The molecule has 0 aromatic carbocycles. The third-order valence-corrected chi connectivity index (χ3v) is 6.27. The Bertz CT molecular complexity index is 933. The van der Waals surface area contributed by atoms with E-state index in [0.717, 1.165) is 55.6 Å². The molecule has 0 radical (unpaired) electrons. The smallest absolute Gasteiger partial charge is 0.358 e. The summed E-state index contributed by atoms with van der Waals surface area (Å²) in [6.45, 7) is 6.70. The van der Waals surface area contributed by atoms with E-state index in [1.807, 2.05) is 23.6 Å². The number of aryl methyl sites for hydroxylation is 1. The van der Waals surface area contributed by atoms with Crippen LogP contribution in [0, 0.1) is 0 Å². The second-order valence-corrected chi connectivity index (χ2v) is 8.50. The van der Waals surface area contributed by atoms with E-state index in [9.17, 15) is 9.59 Å². The lowest BCUT2D eigenvalue weighted by molar-refractivity contribution is -0.150. The third kappa shape index (κ3) is 4.98. The number of pyridine rings is 1. The van der Waals surface area contributed by atoms with Crippen molar-refractivity contribution >= 4 is 23.5 Å². The zero-order chi connectivity index (χ0) is 23.1. The van der Waals surface area contributed by atoms with Crippen LogP contribution in [0.2, 0.25) is 5.15 Å². The Morgan fingerprint density at radius 2 is 1.84 bits per heavy atom. The Hall–Kier alpha value is -2.41. The van der Waals surface area contributed by atoms with E-state index in [1.165, 1.54) is 0 Å². The van der Waals surface area contributed by atoms with Crippen LogP contribution in [0.15, 0.2) is 18.3 Å². The summed E-state index contributed by atoms with van der Waals surface area (Å²) in [5, 5.41) is 0.159. The maximum Gasteiger partial charge on any atom is 0.358 e. The summed E-state index contributed by atoms with van der Waals surface area (Å²) in [5.41, 5.74) is 1.25. The molecule has 0 aliphatic heterocycles. The Morgan fingerprint density at radius 3 is 2.44 bits per heavy atom. The van der Waals surface area contributed by atoms with Gasteiger partial charge in [0.1, 0.15) is 11.2 Å². The fourth-order valence-corrected chi connectivity index (χ4v) is 4.63. The van der Waals surface area contributed by atoms with Gasteiger partial charge in [0.05, 0.1) is 25.5 Å². The molecule has 2 aromatic heterocycles. The van der Waals surface area contributed by atoms with Gasteiger partial charge < -0.3 is 14.0 Å². The van der Waals surface area contributed by atoms with E-state index in [-0.39, 0.29) is 23.4 Å². The standard InChI is InChI=1S/C24H32ClN3O4/c1-4-7-10-19-27-21(25)20(22(29)31-5-2)28(19)16-17-11-12-18(26-15-17)24(13-8-9-14-24)23(30)32-6-3/h11-12,15H,4-10,13-14,16H2,1-3H3. The first-order valence-electron chi connectivity index (χ1n) is 11.5. The summed E-state index contributed by atoms with van der Waals surface area (Å²) in [4.78, 5) is 34.4. The number of imidazole rings is 1. The van der Waals surface area contributed by atoms with E-state index in [2.05, 4.69) is 16.9 Å². The maximum absolute atomic E-state index is 12.7. The lowest BCUT2D eigenvalue weighted by Crippen LogP contribution is -2.35. The lowest BCUT2D eigenvalue weighted by Gasteiger charge is -2.26. The molecule has 1 saturated carbocycles. The molecular weight excluding hydrogens is 430 g/mol. The number of nitrogens with zero attached hydrogens (tertiary/aromatic N) is 3. The third-order valence-electron chi connectivity index (χ3n) is 6.01. The quantitative estimate of drug-likeness (QED) is 0.469. The van der Waals surface area contributed by atoms with Crippen molar-refractivity contribution in [3.05, 3.63) is 46.3 Å². The van der Waals surface area contributed by atoms with Crippen molar-refractivity contribution in [2.75, 3.05) is 13.2 Å². The van der Waals surface area contributed by atoms with Crippen molar-refractivity contribution in [1.29, 1.82) is 0 Å². The number of unbranched alkanes of at least 4 members (excludes halogenated alkanes) is 1. The molecular formula is C24H32ClN3O4. The SMILES string of the molecule is CCCCc1nc(Cl)c(C(=O)OCC)n1Cc1ccc(C2(C(=O)OCC)CCCC2)nc1. The highest BCUT2D eigenvalue weighted by atomic mass is 35.5. The molecule has 8 heteroatoms. The summed E-state index contributed by atoms with van der Waals surface area (Å²) >= 11 is 6.32. The van der Waals surface area contributed by atoms with Gasteiger partial charge in [-0.2, -0.15) is 0 Å². The van der Waals surface area contributed by atoms with Crippen LogP contribution in [0.5, 0.6) is 0 Å². The van der Waals surface area contributed by atoms with Gasteiger partial charge in [-0.3, -0.25) is 9.78 Å². The van der Waals surface area contributed by atoms with Crippen LogP contribution in [0.25, 0.3) is 0 Å². The van der Waals surface area contributed by atoms with Crippen LogP contribution in [-0.4, -0.2) is 39.7 Å². The minimum atomic E-state index is -0.658. The summed E-state index contributed by atoms with van der Waals surface area (Å²) in [5.74, 6) is 0.0814. The average molecular weight is 462 g/mol. The zero-order valence-electron chi connectivity index (χ0n) is 19.2. The molecule has 2 heterocycles. The first-order valence-corrected chi connectivity index (χ1v) is 11.9. The normalized spacial score (nSPS) is 15.0. The van der Waals surface area contributed by atoms with Crippen molar-refractivity contribution in [3.8, 4) is 0 Å². The minimum Gasteiger partial charge on any atom is -0.465 e. The molecule has 32 heavy (non-hydrogen) atoms. The highest BCUT2D eigenvalue weighted by molar-refractivity contribution is 6.32. The number of esters is 2. The van der Waals surface area contributed by atoms with E-state index in [1.54, 1.807) is 13.1 Å². The highest BCUT2D eigenvalue weighted by Crippen LogP contribution is 2.41. The molecule has 0 atom stereocenters. The van der Waals surface area contributed by atoms with Crippen LogP contribution < -0.4 is 0 Å². The second kappa shape index (κ2) is 10.9. The number of halogens is 1. The predicted octanol–water partition coefficient (Wildman–Crippen LogP) is 4.87. The second-order valence-electron chi connectivity index (χ2n) is 8.14. The van der Waals surface area contributed by atoms with Gasteiger partial charge in [-0.25, -0.2) is 9.78 Å². The molecule has 0 N–H and O–H groups in total. The number of hydrogen-bond acceptors (Lipinski definition) is 6. The molecule has 0 unspecified atom stereocenters. The number of ether oxygens (including phenoxy) is 2. The van der Waals surface area contributed by atoms with Crippen molar-refractivity contribution < 1.29 is 19.1 Å². The molecule has 7 nitrogen and oxygen atoms in total. The van der Waals surface area contributed by atoms with Gasteiger partial charge in [-0.05, 0) is 44.7 Å². The van der Waals surface area contributed by atoms with Crippen molar-refractivity contribution in [3.63, 3.8) is 0 Å². The van der Waals surface area contributed by atoms with Crippen LogP contribution in [0.4, 0.5) is 0 Å². The largest absolute Gasteiger partial charge is 0.465 e. The zero-order valence-corrected chi connectivity index (χ0v) is 19.9. The van der Waals surface area contributed by atoms with Gasteiger partial charge in [-0.15, -0.1) is 0 Å². The molecule has 0 saturated heterocycles. The van der Waals surface area contributed by atoms with Gasteiger partial charge >= 0.3 is 11.9 Å².